The molecule has 1 aromatic heterocycles. The van der Waals surface area contributed by atoms with Crippen molar-refractivity contribution in [3.63, 3.8) is 0 Å². The van der Waals surface area contributed by atoms with E-state index in [4.69, 9.17) is 4.42 Å². The molecule has 1 amide bonds. The van der Waals surface area contributed by atoms with Crippen molar-refractivity contribution in [3.8, 4) is 0 Å². The number of likely N-dealkylation sites (tertiary alicyclic amines) is 1. The summed E-state index contributed by atoms with van der Waals surface area (Å²) in [5, 5.41) is 4.12. The number of hydrogen-bond donors (Lipinski definition) is 1. The van der Waals surface area contributed by atoms with E-state index < -0.39 is 5.63 Å². The Hall–Kier alpha value is -2.14. The summed E-state index contributed by atoms with van der Waals surface area (Å²) < 4.78 is 5.25. The predicted molar refractivity (Wildman–Crippen MR) is 78.2 cm³/mol. The quantitative estimate of drug-likeness (QED) is 0.796. The molecule has 0 bridgehead atoms. The van der Waals surface area contributed by atoms with Gasteiger partial charge in [-0.05, 0) is 24.0 Å². The maximum Gasteiger partial charge on any atom is 0.349 e. The Bertz CT molecular complexity index is 755. The van der Waals surface area contributed by atoms with Gasteiger partial charge < -0.3 is 14.6 Å². The van der Waals surface area contributed by atoms with Gasteiger partial charge in [0.25, 0.3) is 5.91 Å². The number of hydrogen-bond acceptors (Lipinski definition) is 4. The summed E-state index contributed by atoms with van der Waals surface area (Å²) in [6.07, 6.45) is 0. The maximum absolute atomic E-state index is 12.6. The molecular weight excluding hydrogens is 268 g/mol. The van der Waals surface area contributed by atoms with Gasteiger partial charge in [-0.15, -0.1) is 0 Å². The second-order valence-corrected chi connectivity index (χ2v) is 5.87. The molecule has 3 heterocycles. The standard InChI is InChI=1S/C16H16N2O3/c19-15(18-8-11-6-17-7-12(11)9-18)13-5-10-3-1-2-4-14(10)21-16(13)20/h1-5,11-12,17H,6-9H2. The molecule has 2 saturated heterocycles. The summed E-state index contributed by atoms with van der Waals surface area (Å²) >= 11 is 0. The molecular formula is C16H16N2O3. The van der Waals surface area contributed by atoms with Gasteiger partial charge in [-0.3, -0.25) is 4.79 Å². The van der Waals surface area contributed by atoms with Crippen LogP contribution in [0, 0.1) is 11.8 Å². The highest BCUT2D eigenvalue weighted by Gasteiger charge is 2.38. The number of benzene rings is 1. The monoisotopic (exact) mass is 284 g/mol. The van der Waals surface area contributed by atoms with E-state index in [9.17, 15) is 9.59 Å². The van der Waals surface area contributed by atoms with Crippen molar-refractivity contribution in [1.29, 1.82) is 0 Å². The summed E-state index contributed by atoms with van der Waals surface area (Å²) in [6.45, 7) is 3.37. The fourth-order valence-corrected chi connectivity index (χ4v) is 3.40. The van der Waals surface area contributed by atoms with Crippen molar-refractivity contribution in [2.24, 2.45) is 11.8 Å². The molecule has 2 aromatic rings. The van der Waals surface area contributed by atoms with Crippen molar-refractivity contribution >= 4 is 16.9 Å². The van der Waals surface area contributed by atoms with Gasteiger partial charge in [0.2, 0.25) is 0 Å². The van der Waals surface area contributed by atoms with Crippen LogP contribution in [0.25, 0.3) is 11.0 Å². The zero-order valence-corrected chi connectivity index (χ0v) is 11.5. The SMILES string of the molecule is O=C(c1cc2ccccc2oc1=O)N1CC2CNCC2C1. The van der Waals surface area contributed by atoms with Gasteiger partial charge in [0.1, 0.15) is 11.1 Å². The van der Waals surface area contributed by atoms with Crippen molar-refractivity contribution in [2.45, 2.75) is 0 Å². The summed E-state index contributed by atoms with van der Waals surface area (Å²) in [5.74, 6) is 0.826. The van der Waals surface area contributed by atoms with E-state index in [0.29, 0.717) is 17.4 Å². The molecule has 5 nitrogen and oxygen atoms in total. The summed E-state index contributed by atoms with van der Waals surface area (Å²) in [4.78, 5) is 26.4. The predicted octanol–water partition coefficient (Wildman–Crippen LogP) is 1.08. The number of nitrogens with zero attached hydrogens (tertiary/aromatic N) is 1. The third-order valence-electron chi connectivity index (χ3n) is 4.55. The second kappa shape index (κ2) is 4.70. The Labute approximate surface area is 121 Å². The van der Waals surface area contributed by atoms with E-state index in [1.807, 2.05) is 12.1 Å². The van der Waals surface area contributed by atoms with Crippen LogP contribution in [0.5, 0.6) is 0 Å². The van der Waals surface area contributed by atoms with Crippen LogP contribution in [0.2, 0.25) is 0 Å². The molecule has 2 unspecified atom stereocenters. The molecule has 2 fully saturated rings. The summed E-state index contributed by atoms with van der Waals surface area (Å²) in [5.41, 5.74) is 0.108. The van der Waals surface area contributed by atoms with E-state index in [1.54, 1.807) is 23.1 Å². The summed E-state index contributed by atoms with van der Waals surface area (Å²) in [7, 11) is 0. The van der Waals surface area contributed by atoms with Crippen molar-refractivity contribution in [1.82, 2.24) is 10.2 Å². The van der Waals surface area contributed by atoms with Crippen LogP contribution in [-0.4, -0.2) is 37.0 Å². The first kappa shape index (κ1) is 12.6. The van der Waals surface area contributed by atoms with E-state index in [2.05, 4.69) is 5.32 Å². The smallest absolute Gasteiger partial charge is 0.349 e. The molecule has 2 aliphatic heterocycles. The Morgan fingerprint density at radius 3 is 2.67 bits per heavy atom. The Balaban J connectivity index is 1.68. The van der Waals surface area contributed by atoms with Crippen molar-refractivity contribution in [2.75, 3.05) is 26.2 Å². The number of carbonyl (C=O) groups excluding carboxylic acids is 1. The van der Waals surface area contributed by atoms with Gasteiger partial charge in [0.05, 0.1) is 0 Å². The molecule has 1 aromatic carbocycles. The molecule has 1 N–H and O–H groups in total. The molecule has 2 aliphatic rings. The van der Waals surface area contributed by atoms with Crippen molar-refractivity contribution in [3.05, 3.63) is 46.3 Å². The lowest BCUT2D eigenvalue weighted by Crippen LogP contribution is -2.34. The molecule has 21 heavy (non-hydrogen) atoms. The van der Waals surface area contributed by atoms with Crippen LogP contribution >= 0.6 is 0 Å². The molecule has 5 heteroatoms. The number of rotatable bonds is 1. The van der Waals surface area contributed by atoms with Gasteiger partial charge in [-0.25, -0.2) is 4.79 Å². The second-order valence-electron chi connectivity index (χ2n) is 5.87. The first-order valence-electron chi connectivity index (χ1n) is 7.25. The zero-order valence-electron chi connectivity index (χ0n) is 11.5. The van der Waals surface area contributed by atoms with Crippen LogP contribution in [0.15, 0.2) is 39.5 Å². The van der Waals surface area contributed by atoms with Crippen LogP contribution in [0.1, 0.15) is 10.4 Å². The average molecular weight is 284 g/mol. The number of amides is 1. The topological polar surface area (TPSA) is 62.6 Å². The third kappa shape index (κ3) is 2.05. The van der Waals surface area contributed by atoms with Gasteiger partial charge in [0, 0.05) is 31.6 Å². The van der Waals surface area contributed by atoms with E-state index in [1.165, 1.54) is 0 Å². The van der Waals surface area contributed by atoms with E-state index in [0.717, 1.165) is 31.6 Å². The number of carbonyl (C=O) groups is 1. The molecule has 2 atom stereocenters. The fourth-order valence-electron chi connectivity index (χ4n) is 3.40. The molecule has 0 aliphatic carbocycles. The first-order valence-corrected chi connectivity index (χ1v) is 7.25. The lowest BCUT2D eigenvalue weighted by molar-refractivity contribution is 0.0777. The Kier molecular flexibility index (Phi) is 2.82. The minimum Gasteiger partial charge on any atom is -0.422 e. The fraction of sp³-hybridized carbons (Fsp3) is 0.375. The molecule has 4 rings (SSSR count). The minimum atomic E-state index is -0.547. The number of para-hydroxylation sites is 1. The molecule has 0 radical (unpaired) electrons. The highest BCUT2D eigenvalue weighted by Crippen LogP contribution is 2.27. The normalized spacial score (nSPS) is 24.5. The maximum atomic E-state index is 12.6. The zero-order chi connectivity index (χ0) is 14.4. The van der Waals surface area contributed by atoms with Gasteiger partial charge in [0.15, 0.2) is 0 Å². The first-order chi connectivity index (χ1) is 10.2. The third-order valence-corrected chi connectivity index (χ3v) is 4.55. The summed E-state index contributed by atoms with van der Waals surface area (Å²) in [6, 6.07) is 8.90. The number of nitrogens with one attached hydrogen (secondary N) is 1. The van der Waals surface area contributed by atoms with Crippen LogP contribution in [-0.2, 0) is 0 Å². The van der Waals surface area contributed by atoms with Crippen LogP contribution < -0.4 is 10.9 Å². The molecule has 108 valence electrons. The van der Waals surface area contributed by atoms with E-state index in [-0.39, 0.29) is 11.5 Å². The van der Waals surface area contributed by atoms with Gasteiger partial charge in [-0.2, -0.15) is 0 Å². The minimum absolute atomic E-state index is 0.140. The lowest BCUT2D eigenvalue weighted by atomic mass is 10.0. The highest BCUT2D eigenvalue weighted by molar-refractivity contribution is 5.96. The molecule has 0 saturated carbocycles. The highest BCUT2D eigenvalue weighted by atomic mass is 16.4. The molecule has 0 spiro atoms. The van der Waals surface area contributed by atoms with Gasteiger partial charge in [-0.1, -0.05) is 18.2 Å². The largest absolute Gasteiger partial charge is 0.422 e. The Morgan fingerprint density at radius 2 is 1.90 bits per heavy atom. The van der Waals surface area contributed by atoms with Gasteiger partial charge >= 0.3 is 5.63 Å². The van der Waals surface area contributed by atoms with Crippen LogP contribution in [0.3, 0.4) is 0 Å². The van der Waals surface area contributed by atoms with E-state index >= 15 is 0 Å². The number of fused-ring (bicyclic) bond motifs is 2. The average Bonchev–Trinajstić information content (AvgIpc) is 3.07. The van der Waals surface area contributed by atoms with Crippen molar-refractivity contribution < 1.29 is 9.21 Å². The lowest BCUT2D eigenvalue weighted by Gasteiger charge is -2.16. The Morgan fingerprint density at radius 1 is 1.19 bits per heavy atom. The van der Waals surface area contributed by atoms with Crippen LogP contribution in [0.4, 0.5) is 0 Å².